The lowest BCUT2D eigenvalue weighted by molar-refractivity contribution is -0.117. The van der Waals surface area contributed by atoms with Crippen molar-refractivity contribution in [2.45, 2.75) is 63.6 Å². The Morgan fingerprint density at radius 2 is 2.00 bits per heavy atom. The van der Waals surface area contributed by atoms with E-state index in [0.717, 1.165) is 37.2 Å². The molecule has 0 bridgehead atoms. The van der Waals surface area contributed by atoms with E-state index in [1.807, 2.05) is 24.1 Å². The summed E-state index contributed by atoms with van der Waals surface area (Å²) in [6.07, 6.45) is 8.33. The molecule has 1 atom stereocenters. The van der Waals surface area contributed by atoms with Crippen LogP contribution in [0.25, 0.3) is 0 Å². The number of hydrogen-bond donors (Lipinski definition) is 2. The lowest BCUT2D eigenvalue weighted by Gasteiger charge is -2.24. The van der Waals surface area contributed by atoms with E-state index in [0.29, 0.717) is 19.0 Å². The van der Waals surface area contributed by atoms with Crippen LogP contribution in [-0.4, -0.2) is 55.5 Å². The Morgan fingerprint density at radius 1 is 1.17 bits per heavy atom. The quantitative estimate of drug-likeness (QED) is 0.363. The summed E-state index contributed by atoms with van der Waals surface area (Å²) in [6, 6.07) is 9.54. The van der Waals surface area contributed by atoms with E-state index in [1.54, 1.807) is 0 Å². The Hall–Kier alpha value is -1.35. The molecule has 29 heavy (non-hydrogen) atoms. The molecule has 0 radical (unpaired) electrons. The van der Waals surface area contributed by atoms with Gasteiger partial charge in [0.05, 0.1) is 0 Å². The van der Waals surface area contributed by atoms with E-state index in [1.165, 1.54) is 44.2 Å². The minimum atomic E-state index is 0. The van der Waals surface area contributed by atoms with Gasteiger partial charge in [-0.3, -0.25) is 14.7 Å². The first-order valence-electron chi connectivity index (χ1n) is 10.8. The van der Waals surface area contributed by atoms with Crippen molar-refractivity contribution in [2.75, 3.05) is 31.6 Å². The van der Waals surface area contributed by atoms with Gasteiger partial charge in [0.1, 0.15) is 0 Å². The van der Waals surface area contributed by atoms with Gasteiger partial charge < -0.3 is 15.5 Å². The molecule has 3 aliphatic rings. The molecule has 2 N–H and O–H groups in total. The average molecular weight is 511 g/mol. The van der Waals surface area contributed by atoms with Gasteiger partial charge in [0.15, 0.2) is 5.96 Å². The van der Waals surface area contributed by atoms with E-state index in [4.69, 9.17) is 0 Å². The van der Waals surface area contributed by atoms with Crippen LogP contribution in [-0.2, 0) is 11.3 Å². The standard InChI is InChI=1S/C22H33N5O.HI/c1-23-22(25-18-11-13-26(16-18)19-7-2-3-8-19)24-15-17-6-4-9-20(14-17)27-12-5-10-21(27)28;/h4,6,9,14,18-19H,2-3,5,7-8,10-13,15-16H2,1H3,(H2,23,24,25);1H. The van der Waals surface area contributed by atoms with Crippen molar-refractivity contribution in [3.63, 3.8) is 0 Å². The van der Waals surface area contributed by atoms with Gasteiger partial charge in [-0.05, 0) is 43.4 Å². The van der Waals surface area contributed by atoms with Crippen molar-refractivity contribution in [1.82, 2.24) is 15.5 Å². The Labute approximate surface area is 191 Å². The first-order valence-corrected chi connectivity index (χ1v) is 10.8. The third kappa shape index (κ3) is 5.63. The van der Waals surface area contributed by atoms with Crippen LogP contribution in [0, 0.1) is 0 Å². The second-order valence-corrected chi connectivity index (χ2v) is 8.31. The number of benzene rings is 1. The Bertz CT molecular complexity index is 719. The summed E-state index contributed by atoms with van der Waals surface area (Å²) >= 11 is 0. The first-order chi connectivity index (χ1) is 13.7. The maximum atomic E-state index is 12.0. The summed E-state index contributed by atoms with van der Waals surface area (Å²) < 4.78 is 0. The van der Waals surface area contributed by atoms with Crippen LogP contribution in [0.4, 0.5) is 5.69 Å². The molecule has 0 spiro atoms. The normalized spacial score (nSPS) is 23.5. The smallest absolute Gasteiger partial charge is 0.227 e. The van der Waals surface area contributed by atoms with E-state index in [2.05, 4.69) is 32.7 Å². The number of hydrogen-bond acceptors (Lipinski definition) is 3. The molecular formula is C22H34IN5O. The number of nitrogens with zero attached hydrogens (tertiary/aromatic N) is 3. The van der Waals surface area contributed by atoms with E-state index in [-0.39, 0.29) is 29.9 Å². The summed E-state index contributed by atoms with van der Waals surface area (Å²) in [6.45, 7) is 3.86. The van der Waals surface area contributed by atoms with Crippen LogP contribution in [0.1, 0.15) is 50.5 Å². The highest BCUT2D eigenvalue weighted by Gasteiger charge is 2.30. The van der Waals surface area contributed by atoms with Crippen molar-refractivity contribution in [1.29, 1.82) is 0 Å². The molecule has 2 heterocycles. The summed E-state index contributed by atoms with van der Waals surface area (Å²) in [7, 11) is 1.83. The van der Waals surface area contributed by atoms with Gasteiger partial charge in [-0.25, -0.2) is 0 Å². The molecule has 0 aromatic heterocycles. The number of aliphatic imine (C=N–C) groups is 1. The van der Waals surface area contributed by atoms with E-state index in [9.17, 15) is 4.79 Å². The molecule has 1 unspecified atom stereocenters. The second-order valence-electron chi connectivity index (χ2n) is 8.31. The number of rotatable bonds is 5. The van der Waals surface area contributed by atoms with Crippen molar-refractivity contribution < 1.29 is 4.79 Å². The maximum Gasteiger partial charge on any atom is 0.227 e. The number of likely N-dealkylation sites (tertiary alicyclic amines) is 1. The lowest BCUT2D eigenvalue weighted by Crippen LogP contribution is -2.45. The zero-order valence-corrected chi connectivity index (χ0v) is 19.7. The van der Waals surface area contributed by atoms with Gasteiger partial charge in [0.2, 0.25) is 5.91 Å². The van der Waals surface area contributed by atoms with Crippen LogP contribution < -0.4 is 15.5 Å². The number of amides is 1. The molecule has 1 saturated carbocycles. The number of nitrogens with one attached hydrogen (secondary N) is 2. The summed E-state index contributed by atoms with van der Waals surface area (Å²) in [5.74, 6) is 1.09. The number of carbonyl (C=O) groups is 1. The molecule has 1 aliphatic carbocycles. The predicted molar refractivity (Wildman–Crippen MR) is 129 cm³/mol. The van der Waals surface area contributed by atoms with Crippen LogP contribution in [0.2, 0.25) is 0 Å². The summed E-state index contributed by atoms with van der Waals surface area (Å²) in [5.41, 5.74) is 2.17. The van der Waals surface area contributed by atoms with Gasteiger partial charge in [-0.2, -0.15) is 0 Å². The highest BCUT2D eigenvalue weighted by Crippen LogP contribution is 2.26. The second kappa shape index (κ2) is 10.6. The zero-order chi connectivity index (χ0) is 19.3. The van der Waals surface area contributed by atoms with Gasteiger partial charge in [0.25, 0.3) is 0 Å². The average Bonchev–Trinajstić information content (AvgIpc) is 3.46. The molecule has 2 saturated heterocycles. The summed E-state index contributed by atoms with van der Waals surface area (Å²) in [4.78, 5) is 21.0. The van der Waals surface area contributed by atoms with Crippen LogP contribution in [0.15, 0.2) is 29.3 Å². The Balaban J connectivity index is 0.00000240. The first kappa shape index (κ1) is 22.3. The molecule has 7 heteroatoms. The number of guanidine groups is 1. The third-order valence-electron chi connectivity index (χ3n) is 6.38. The van der Waals surface area contributed by atoms with Crippen molar-refractivity contribution >= 4 is 41.5 Å². The van der Waals surface area contributed by atoms with Gasteiger partial charge >= 0.3 is 0 Å². The fraction of sp³-hybridized carbons (Fsp3) is 0.636. The van der Waals surface area contributed by atoms with Crippen molar-refractivity contribution in [2.24, 2.45) is 4.99 Å². The minimum absolute atomic E-state index is 0. The van der Waals surface area contributed by atoms with Crippen molar-refractivity contribution in [3.8, 4) is 0 Å². The molecule has 4 rings (SSSR count). The van der Waals surface area contributed by atoms with Gasteiger partial charge in [-0.1, -0.05) is 25.0 Å². The zero-order valence-electron chi connectivity index (χ0n) is 17.4. The number of anilines is 1. The molecule has 6 nitrogen and oxygen atoms in total. The topological polar surface area (TPSA) is 60.0 Å². The number of carbonyl (C=O) groups excluding carboxylic acids is 1. The molecule has 1 aromatic carbocycles. The van der Waals surface area contributed by atoms with E-state index >= 15 is 0 Å². The fourth-order valence-electron chi connectivity index (χ4n) is 4.84. The Kier molecular flexibility index (Phi) is 8.17. The lowest BCUT2D eigenvalue weighted by atomic mass is 10.2. The van der Waals surface area contributed by atoms with Gasteiger partial charge in [-0.15, -0.1) is 24.0 Å². The summed E-state index contributed by atoms with van der Waals surface area (Å²) in [5, 5.41) is 7.04. The monoisotopic (exact) mass is 511 g/mol. The largest absolute Gasteiger partial charge is 0.352 e. The highest BCUT2D eigenvalue weighted by atomic mass is 127. The van der Waals surface area contributed by atoms with Crippen LogP contribution in [0.5, 0.6) is 0 Å². The van der Waals surface area contributed by atoms with Crippen LogP contribution >= 0.6 is 24.0 Å². The predicted octanol–water partition coefficient (Wildman–Crippen LogP) is 3.11. The van der Waals surface area contributed by atoms with Crippen molar-refractivity contribution in [3.05, 3.63) is 29.8 Å². The SMILES string of the molecule is CN=C(NCc1cccc(N2CCCC2=O)c1)NC1CCN(C2CCCC2)C1.I. The van der Waals surface area contributed by atoms with Gasteiger partial charge in [0, 0.05) is 57.4 Å². The molecule has 3 fully saturated rings. The van der Waals surface area contributed by atoms with E-state index < -0.39 is 0 Å². The third-order valence-corrected chi connectivity index (χ3v) is 6.38. The molecule has 2 aliphatic heterocycles. The van der Waals surface area contributed by atoms with Crippen LogP contribution in [0.3, 0.4) is 0 Å². The highest BCUT2D eigenvalue weighted by molar-refractivity contribution is 14.0. The molecule has 160 valence electrons. The molecule has 1 amide bonds. The molecule has 1 aromatic rings. The molecular weight excluding hydrogens is 477 g/mol. The fourth-order valence-corrected chi connectivity index (χ4v) is 4.84. The maximum absolute atomic E-state index is 12.0. The minimum Gasteiger partial charge on any atom is -0.352 e. The Morgan fingerprint density at radius 3 is 2.72 bits per heavy atom. The number of halogens is 1.